The molecule has 1 N–H and O–H groups in total. The molecule has 0 fully saturated rings. The summed E-state index contributed by atoms with van der Waals surface area (Å²) >= 11 is 0. The molecule has 0 bridgehead atoms. The summed E-state index contributed by atoms with van der Waals surface area (Å²) in [4.78, 5) is 14.2. The number of carbonyl (C=O) groups is 1. The van der Waals surface area contributed by atoms with Crippen molar-refractivity contribution in [1.82, 2.24) is 19.8 Å². The van der Waals surface area contributed by atoms with Crippen molar-refractivity contribution < 1.29 is 9.32 Å². The van der Waals surface area contributed by atoms with E-state index in [4.69, 9.17) is 4.52 Å². The zero-order valence-corrected chi connectivity index (χ0v) is 12.7. The second-order valence-corrected chi connectivity index (χ2v) is 4.81. The summed E-state index contributed by atoms with van der Waals surface area (Å²) in [7, 11) is 0. The van der Waals surface area contributed by atoms with Crippen molar-refractivity contribution in [3.05, 3.63) is 29.9 Å². The van der Waals surface area contributed by atoms with Crippen LogP contribution in [0.15, 0.2) is 23.0 Å². The maximum Gasteiger partial charge on any atom is 0.294 e. The Morgan fingerprint density at radius 3 is 2.81 bits per heavy atom. The molecule has 2 rings (SSSR count). The van der Waals surface area contributed by atoms with Crippen LogP contribution in [0.2, 0.25) is 0 Å². The van der Waals surface area contributed by atoms with Crippen molar-refractivity contribution in [1.29, 1.82) is 0 Å². The lowest BCUT2D eigenvalue weighted by Gasteiger charge is -2.17. The highest BCUT2D eigenvalue weighted by atomic mass is 16.5. The Morgan fingerprint density at radius 2 is 2.19 bits per heavy atom. The second-order valence-electron chi connectivity index (χ2n) is 4.81. The predicted octanol–water partition coefficient (Wildman–Crippen LogP) is 1.77. The number of hydrogen-bond acceptors (Lipinski definition) is 5. The van der Waals surface area contributed by atoms with E-state index in [9.17, 15) is 4.79 Å². The maximum absolute atomic E-state index is 11.9. The number of carbonyl (C=O) groups excluding carboxylic acids is 1. The van der Waals surface area contributed by atoms with Crippen molar-refractivity contribution in [2.75, 3.05) is 25.0 Å². The van der Waals surface area contributed by atoms with E-state index in [0.29, 0.717) is 11.4 Å². The van der Waals surface area contributed by atoms with E-state index in [2.05, 4.69) is 34.3 Å². The van der Waals surface area contributed by atoms with E-state index >= 15 is 0 Å². The van der Waals surface area contributed by atoms with Crippen molar-refractivity contribution in [2.45, 2.75) is 27.3 Å². The topological polar surface area (TPSA) is 76.2 Å². The van der Waals surface area contributed by atoms with Gasteiger partial charge < -0.3 is 14.7 Å². The van der Waals surface area contributed by atoms with Crippen molar-refractivity contribution >= 4 is 11.6 Å². The van der Waals surface area contributed by atoms with Crippen LogP contribution >= 0.6 is 0 Å². The Kier molecular flexibility index (Phi) is 5.10. The van der Waals surface area contributed by atoms with Gasteiger partial charge in [0.25, 0.3) is 5.91 Å². The average molecular weight is 291 g/mol. The fourth-order valence-corrected chi connectivity index (χ4v) is 2.00. The van der Waals surface area contributed by atoms with Gasteiger partial charge in [0, 0.05) is 18.8 Å². The van der Waals surface area contributed by atoms with E-state index in [-0.39, 0.29) is 11.7 Å². The van der Waals surface area contributed by atoms with Gasteiger partial charge in [-0.3, -0.25) is 9.48 Å². The van der Waals surface area contributed by atoms with Crippen LogP contribution in [0.4, 0.5) is 5.69 Å². The Morgan fingerprint density at radius 1 is 1.43 bits per heavy atom. The van der Waals surface area contributed by atoms with E-state index in [1.54, 1.807) is 19.2 Å². The molecule has 2 aromatic heterocycles. The molecule has 0 unspecified atom stereocenters. The monoisotopic (exact) mass is 291 g/mol. The van der Waals surface area contributed by atoms with E-state index in [1.165, 1.54) is 0 Å². The predicted molar refractivity (Wildman–Crippen MR) is 79.2 cm³/mol. The zero-order valence-electron chi connectivity index (χ0n) is 12.7. The molecule has 0 spiro atoms. The van der Waals surface area contributed by atoms with Crippen LogP contribution in [-0.2, 0) is 6.54 Å². The molecule has 0 aliphatic heterocycles. The number of nitrogens with one attached hydrogen (secondary N) is 1. The van der Waals surface area contributed by atoms with E-state index in [0.717, 1.165) is 26.2 Å². The summed E-state index contributed by atoms with van der Waals surface area (Å²) in [6.07, 6.45) is 3.44. The molecule has 21 heavy (non-hydrogen) atoms. The highest BCUT2D eigenvalue weighted by Crippen LogP contribution is 2.09. The van der Waals surface area contributed by atoms with Crippen molar-refractivity contribution in [3.63, 3.8) is 0 Å². The first kappa shape index (κ1) is 15.2. The highest BCUT2D eigenvalue weighted by Gasteiger charge is 2.12. The minimum atomic E-state index is -0.320. The lowest BCUT2D eigenvalue weighted by Crippen LogP contribution is -2.27. The van der Waals surface area contributed by atoms with Gasteiger partial charge in [0.05, 0.1) is 24.1 Å². The molecule has 2 heterocycles. The number of amides is 1. The molecular weight excluding hydrogens is 270 g/mol. The first-order valence-corrected chi connectivity index (χ1v) is 7.11. The first-order valence-electron chi connectivity index (χ1n) is 7.11. The molecule has 0 aliphatic rings. The number of hydrogen-bond donors (Lipinski definition) is 1. The molecule has 1 amide bonds. The first-order chi connectivity index (χ1) is 10.1. The number of aromatic nitrogens is 3. The van der Waals surface area contributed by atoms with Gasteiger partial charge in [-0.05, 0) is 20.0 Å². The number of nitrogens with zero attached hydrogens (tertiary/aromatic N) is 4. The third-order valence-electron chi connectivity index (χ3n) is 3.28. The maximum atomic E-state index is 11.9. The smallest absolute Gasteiger partial charge is 0.294 e. The van der Waals surface area contributed by atoms with Gasteiger partial charge >= 0.3 is 0 Å². The van der Waals surface area contributed by atoms with Crippen LogP contribution in [0.3, 0.4) is 0 Å². The lowest BCUT2D eigenvalue weighted by atomic mass is 10.3. The third-order valence-corrected chi connectivity index (χ3v) is 3.28. The number of likely N-dealkylation sites (N-methyl/N-ethyl adjacent to an activating group) is 1. The fraction of sp³-hybridized carbons (Fsp3) is 0.500. The van der Waals surface area contributed by atoms with Crippen LogP contribution in [0.1, 0.15) is 30.1 Å². The second kappa shape index (κ2) is 7.03. The molecule has 0 aromatic carbocycles. The molecule has 114 valence electrons. The van der Waals surface area contributed by atoms with Gasteiger partial charge in [-0.1, -0.05) is 19.0 Å². The fourth-order valence-electron chi connectivity index (χ4n) is 2.00. The van der Waals surface area contributed by atoms with Crippen LogP contribution in [0.5, 0.6) is 0 Å². The quantitative estimate of drug-likeness (QED) is 0.841. The van der Waals surface area contributed by atoms with Crippen LogP contribution < -0.4 is 5.32 Å². The third kappa shape index (κ3) is 4.16. The minimum Gasteiger partial charge on any atom is -0.351 e. The molecule has 7 heteroatoms. The summed E-state index contributed by atoms with van der Waals surface area (Å²) in [5.74, 6) is -0.123. The van der Waals surface area contributed by atoms with Gasteiger partial charge in [0.15, 0.2) is 0 Å². The largest absolute Gasteiger partial charge is 0.351 e. The lowest BCUT2D eigenvalue weighted by molar-refractivity contribution is 0.0988. The number of aryl methyl sites for hydroxylation is 1. The molecule has 0 saturated carbocycles. The molecule has 0 saturated heterocycles. The molecule has 2 aromatic rings. The van der Waals surface area contributed by atoms with Crippen LogP contribution in [0.25, 0.3) is 0 Å². The SMILES string of the molecule is CCN(CC)CCn1cc(NC(=O)c2cc(C)no2)cn1. The molecule has 0 aliphatic carbocycles. The van der Waals surface area contributed by atoms with E-state index in [1.807, 2.05) is 10.9 Å². The van der Waals surface area contributed by atoms with Crippen LogP contribution in [-0.4, -0.2) is 45.4 Å². The summed E-state index contributed by atoms with van der Waals surface area (Å²) in [6, 6.07) is 1.60. The van der Waals surface area contributed by atoms with Crippen molar-refractivity contribution in [2.24, 2.45) is 0 Å². The van der Waals surface area contributed by atoms with Gasteiger partial charge in [0.1, 0.15) is 0 Å². The summed E-state index contributed by atoms with van der Waals surface area (Å²) in [5.41, 5.74) is 1.32. The average Bonchev–Trinajstić information content (AvgIpc) is 3.09. The summed E-state index contributed by atoms with van der Waals surface area (Å²) in [5, 5.41) is 10.7. The minimum absolute atomic E-state index is 0.198. The zero-order chi connectivity index (χ0) is 15.2. The Hall–Kier alpha value is -2.15. The van der Waals surface area contributed by atoms with Gasteiger partial charge in [-0.25, -0.2) is 0 Å². The van der Waals surface area contributed by atoms with E-state index < -0.39 is 0 Å². The molecule has 0 atom stereocenters. The standard InChI is InChI=1S/C14H21N5O2/c1-4-18(5-2)6-7-19-10-12(9-15-19)16-14(20)13-8-11(3)17-21-13/h8-10H,4-7H2,1-3H3,(H,16,20). The van der Waals surface area contributed by atoms with Gasteiger partial charge in [-0.2, -0.15) is 5.10 Å². The normalized spacial score (nSPS) is 11.0. The molecular formula is C14H21N5O2. The summed E-state index contributed by atoms with van der Waals surface area (Å²) < 4.78 is 6.74. The molecule has 7 nitrogen and oxygen atoms in total. The van der Waals surface area contributed by atoms with Crippen molar-refractivity contribution in [3.8, 4) is 0 Å². The summed E-state index contributed by atoms with van der Waals surface area (Å²) in [6.45, 7) is 9.81. The number of anilines is 1. The molecule has 0 radical (unpaired) electrons. The van der Waals surface area contributed by atoms with Gasteiger partial charge in [0.2, 0.25) is 5.76 Å². The Bertz CT molecular complexity index is 586. The highest BCUT2D eigenvalue weighted by molar-refractivity contribution is 6.02. The van der Waals surface area contributed by atoms with Crippen LogP contribution in [0, 0.1) is 6.92 Å². The number of rotatable bonds is 7. The Labute approximate surface area is 123 Å². The Balaban J connectivity index is 1.89. The van der Waals surface area contributed by atoms with Gasteiger partial charge in [-0.15, -0.1) is 0 Å².